The van der Waals surface area contributed by atoms with Crippen LogP contribution in [-0.2, 0) is 6.54 Å². The summed E-state index contributed by atoms with van der Waals surface area (Å²) in [5.74, 6) is -1.54. The van der Waals surface area contributed by atoms with Crippen molar-refractivity contribution in [3.05, 3.63) is 35.4 Å². The van der Waals surface area contributed by atoms with Crippen molar-refractivity contribution in [1.29, 1.82) is 0 Å². The molecule has 0 saturated carbocycles. The van der Waals surface area contributed by atoms with Gasteiger partial charge in [0, 0.05) is 25.2 Å². The van der Waals surface area contributed by atoms with Gasteiger partial charge in [0.1, 0.15) is 0 Å². The smallest absolute Gasteiger partial charge is 0.163 e. The van der Waals surface area contributed by atoms with E-state index in [4.69, 9.17) is 0 Å². The number of nitrogens with zero attached hydrogens (tertiary/aromatic N) is 1. The van der Waals surface area contributed by atoms with Gasteiger partial charge in [-0.1, -0.05) is 12.1 Å². The van der Waals surface area contributed by atoms with E-state index in [1.165, 1.54) is 6.07 Å². The summed E-state index contributed by atoms with van der Waals surface area (Å²) in [7, 11) is 3.93. The SMILES string of the molecule is CN(C)CCNCc1cccc(F)c1F. The van der Waals surface area contributed by atoms with Crippen LogP contribution in [-0.4, -0.2) is 32.1 Å². The zero-order valence-corrected chi connectivity index (χ0v) is 9.06. The molecule has 0 aromatic heterocycles. The first-order valence-corrected chi connectivity index (χ1v) is 4.89. The second-order valence-corrected chi connectivity index (χ2v) is 3.69. The van der Waals surface area contributed by atoms with E-state index >= 15 is 0 Å². The lowest BCUT2D eigenvalue weighted by Gasteiger charge is -2.10. The zero-order chi connectivity index (χ0) is 11.3. The Morgan fingerprint density at radius 3 is 2.67 bits per heavy atom. The summed E-state index contributed by atoms with van der Waals surface area (Å²) in [5.41, 5.74) is 0.369. The van der Waals surface area contributed by atoms with Crippen LogP contribution in [0.3, 0.4) is 0 Å². The Bertz CT molecular complexity index is 313. The standard InChI is InChI=1S/C11H16F2N2/c1-15(2)7-6-14-8-9-4-3-5-10(12)11(9)13/h3-5,14H,6-8H2,1-2H3. The number of hydrogen-bond donors (Lipinski definition) is 1. The second-order valence-electron chi connectivity index (χ2n) is 3.69. The lowest BCUT2D eigenvalue weighted by atomic mass is 10.2. The maximum absolute atomic E-state index is 13.2. The Hall–Kier alpha value is -1.00. The minimum absolute atomic E-state index is 0.359. The number of likely N-dealkylation sites (N-methyl/N-ethyl adjacent to an activating group) is 1. The van der Waals surface area contributed by atoms with Crippen molar-refractivity contribution in [2.45, 2.75) is 6.54 Å². The van der Waals surface area contributed by atoms with Crippen molar-refractivity contribution in [2.75, 3.05) is 27.2 Å². The highest BCUT2D eigenvalue weighted by atomic mass is 19.2. The third-order valence-corrected chi connectivity index (χ3v) is 2.08. The average Bonchev–Trinajstić information content (AvgIpc) is 2.18. The van der Waals surface area contributed by atoms with Crippen molar-refractivity contribution < 1.29 is 8.78 Å². The Morgan fingerprint density at radius 1 is 1.27 bits per heavy atom. The molecule has 0 bridgehead atoms. The first-order valence-electron chi connectivity index (χ1n) is 4.89. The van der Waals surface area contributed by atoms with Crippen molar-refractivity contribution in [2.24, 2.45) is 0 Å². The zero-order valence-electron chi connectivity index (χ0n) is 9.06. The summed E-state index contributed by atoms with van der Waals surface area (Å²) in [6.45, 7) is 1.98. The van der Waals surface area contributed by atoms with E-state index in [9.17, 15) is 8.78 Å². The molecular weight excluding hydrogens is 198 g/mol. The Balaban J connectivity index is 2.41. The van der Waals surface area contributed by atoms with Crippen LogP contribution in [0.4, 0.5) is 8.78 Å². The third-order valence-electron chi connectivity index (χ3n) is 2.08. The predicted molar refractivity (Wildman–Crippen MR) is 56.6 cm³/mol. The van der Waals surface area contributed by atoms with Crippen LogP contribution in [0, 0.1) is 11.6 Å². The van der Waals surface area contributed by atoms with E-state index in [0.717, 1.165) is 19.2 Å². The molecule has 84 valence electrons. The number of rotatable bonds is 5. The molecule has 4 heteroatoms. The van der Waals surface area contributed by atoms with Gasteiger partial charge in [-0.15, -0.1) is 0 Å². The lowest BCUT2D eigenvalue weighted by molar-refractivity contribution is 0.398. The highest BCUT2D eigenvalue weighted by Crippen LogP contribution is 2.10. The molecule has 0 heterocycles. The van der Waals surface area contributed by atoms with Gasteiger partial charge in [0.2, 0.25) is 0 Å². The number of hydrogen-bond acceptors (Lipinski definition) is 2. The molecule has 0 radical (unpaired) electrons. The fourth-order valence-corrected chi connectivity index (χ4v) is 1.21. The molecule has 1 aromatic rings. The van der Waals surface area contributed by atoms with E-state index in [0.29, 0.717) is 12.1 Å². The maximum atomic E-state index is 13.2. The molecule has 0 aliphatic rings. The number of halogens is 2. The molecule has 0 fully saturated rings. The molecule has 1 rings (SSSR count). The highest BCUT2D eigenvalue weighted by Gasteiger charge is 2.06. The molecule has 1 aromatic carbocycles. The van der Waals surface area contributed by atoms with Crippen LogP contribution in [0.15, 0.2) is 18.2 Å². The van der Waals surface area contributed by atoms with Gasteiger partial charge in [-0.25, -0.2) is 8.78 Å². The molecule has 0 saturated heterocycles. The number of nitrogens with one attached hydrogen (secondary N) is 1. The van der Waals surface area contributed by atoms with Crippen LogP contribution < -0.4 is 5.32 Å². The van der Waals surface area contributed by atoms with Gasteiger partial charge in [0.15, 0.2) is 11.6 Å². The van der Waals surface area contributed by atoms with Crippen molar-refractivity contribution in [3.8, 4) is 0 Å². The normalized spacial score (nSPS) is 11.0. The van der Waals surface area contributed by atoms with E-state index in [-0.39, 0.29) is 0 Å². The summed E-state index contributed by atoms with van der Waals surface area (Å²) in [6, 6.07) is 4.22. The summed E-state index contributed by atoms with van der Waals surface area (Å²) in [6.07, 6.45) is 0. The quantitative estimate of drug-likeness (QED) is 0.749. The van der Waals surface area contributed by atoms with Gasteiger partial charge < -0.3 is 10.2 Å². The third kappa shape index (κ3) is 3.93. The summed E-state index contributed by atoms with van der Waals surface area (Å²) >= 11 is 0. The first kappa shape index (κ1) is 12.1. The van der Waals surface area contributed by atoms with Crippen LogP contribution in [0.1, 0.15) is 5.56 Å². The monoisotopic (exact) mass is 214 g/mol. The molecule has 0 atom stereocenters. The van der Waals surface area contributed by atoms with Crippen molar-refractivity contribution >= 4 is 0 Å². The molecule has 0 aliphatic carbocycles. The van der Waals surface area contributed by atoms with Crippen molar-refractivity contribution in [3.63, 3.8) is 0 Å². The lowest BCUT2D eigenvalue weighted by Crippen LogP contribution is -2.26. The Kier molecular flexibility index (Phi) is 4.65. The van der Waals surface area contributed by atoms with Gasteiger partial charge in [-0.05, 0) is 20.2 Å². The fraction of sp³-hybridized carbons (Fsp3) is 0.455. The van der Waals surface area contributed by atoms with Gasteiger partial charge in [-0.3, -0.25) is 0 Å². The number of benzene rings is 1. The van der Waals surface area contributed by atoms with E-state index in [1.54, 1.807) is 6.07 Å². The van der Waals surface area contributed by atoms with Gasteiger partial charge in [-0.2, -0.15) is 0 Å². The molecular formula is C11H16F2N2. The van der Waals surface area contributed by atoms with Crippen LogP contribution in [0.5, 0.6) is 0 Å². The van der Waals surface area contributed by atoms with Crippen LogP contribution in [0.25, 0.3) is 0 Å². The topological polar surface area (TPSA) is 15.3 Å². The van der Waals surface area contributed by atoms with Crippen LogP contribution >= 0.6 is 0 Å². The molecule has 0 unspecified atom stereocenters. The van der Waals surface area contributed by atoms with E-state index in [2.05, 4.69) is 5.32 Å². The van der Waals surface area contributed by atoms with Crippen LogP contribution in [0.2, 0.25) is 0 Å². The summed E-state index contributed by atoms with van der Waals surface area (Å²) < 4.78 is 26.0. The average molecular weight is 214 g/mol. The van der Waals surface area contributed by atoms with Crippen molar-refractivity contribution in [1.82, 2.24) is 10.2 Å². The largest absolute Gasteiger partial charge is 0.311 e. The molecule has 0 spiro atoms. The molecule has 0 amide bonds. The van der Waals surface area contributed by atoms with E-state index < -0.39 is 11.6 Å². The predicted octanol–water partition coefficient (Wildman–Crippen LogP) is 1.62. The molecule has 2 nitrogen and oxygen atoms in total. The highest BCUT2D eigenvalue weighted by molar-refractivity contribution is 5.18. The first-order chi connectivity index (χ1) is 7.11. The minimum atomic E-state index is -0.790. The van der Waals surface area contributed by atoms with E-state index in [1.807, 2.05) is 19.0 Å². The molecule has 1 N–H and O–H groups in total. The Labute approximate surface area is 88.9 Å². The summed E-state index contributed by atoms with van der Waals surface area (Å²) in [5, 5.41) is 3.05. The molecule has 0 aliphatic heterocycles. The maximum Gasteiger partial charge on any atom is 0.163 e. The van der Waals surface area contributed by atoms with Gasteiger partial charge in [0.25, 0.3) is 0 Å². The summed E-state index contributed by atoms with van der Waals surface area (Å²) in [4.78, 5) is 2.02. The molecule has 15 heavy (non-hydrogen) atoms. The van der Waals surface area contributed by atoms with Gasteiger partial charge in [0.05, 0.1) is 0 Å². The van der Waals surface area contributed by atoms with Gasteiger partial charge >= 0.3 is 0 Å². The fourth-order valence-electron chi connectivity index (χ4n) is 1.21. The Morgan fingerprint density at radius 2 is 2.00 bits per heavy atom. The second kappa shape index (κ2) is 5.78. The minimum Gasteiger partial charge on any atom is -0.311 e.